The Kier molecular flexibility index (Phi) is 6.21. The van der Waals surface area contributed by atoms with Gasteiger partial charge in [0.05, 0.1) is 17.2 Å². The van der Waals surface area contributed by atoms with Gasteiger partial charge < -0.3 is 9.72 Å². The van der Waals surface area contributed by atoms with E-state index in [2.05, 4.69) is 47.0 Å². The van der Waals surface area contributed by atoms with Gasteiger partial charge in [0.15, 0.2) is 5.16 Å². The summed E-state index contributed by atoms with van der Waals surface area (Å²) in [4.78, 5) is 38.1. The van der Waals surface area contributed by atoms with Crippen LogP contribution in [0, 0.1) is 20.8 Å². The number of ether oxygens (including phenoxy) is 1. The summed E-state index contributed by atoms with van der Waals surface area (Å²) in [6.07, 6.45) is 3.69. The van der Waals surface area contributed by atoms with Crippen LogP contribution in [-0.2, 0) is 4.74 Å². The molecule has 32 heavy (non-hydrogen) atoms. The van der Waals surface area contributed by atoms with Gasteiger partial charge in [0.25, 0.3) is 5.56 Å². The molecule has 3 aromatic heterocycles. The Balaban J connectivity index is 1.66. The molecule has 3 heterocycles. The molecule has 0 saturated carbocycles. The van der Waals surface area contributed by atoms with E-state index in [4.69, 9.17) is 4.74 Å². The van der Waals surface area contributed by atoms with Crippen molar-refractivity contribution in [3.8, 4) is 5.69 Å². The molecule has 166 valence electrons. The minimum Gasteiger partial charge on any atom is -0.462 e. The van der Waals surface area contributed by atoms with Gasteiger partial charge in [-0.2, -0.15) is 0 Å². The van der Waals surface area contributed by atoms with Gasteiger partial charge in [-0.3, -0.25) is 9.36 Å². The van der Waals surface area contributed by atoms with Crippen LogP contribution in [0.2, 0.25) is 0 Å². The number of hydrogen-bond donors (Lipinski definition) is 1. The van der Waals surface area contributed by atoms with Crippen LogP contribution in [-0.4, -0.2) is 32.1 Å². The van der Waals surface area contributed by atoms with Crippen LogP contribution in [0.4, 0.5) is 0 Å². The van der Waals surface area contributed by atoms with E-state index >= 15 is 0 Å². The van der Waals surface area contributed by atoms with E-state index in [1.165, 1.54) is 34.2 Å². The van der Waals surface area contributed by atoms with Gasteiger partial charge >= 0.3 is 5.97 Å². The fourth-order valence-electron chi connectivity index (χ4n) is 3.41. The molecule has 1 aromatic carbocycles. The highest BCUT2D eigenvalue weighted by Gasteiger charge is 2.22. The highest BCUT2D eigenvalue weighted by atomic mass is 32.2. The Morgan fingerprint density at radius 1 is 1.28 bits per heavy atom. The molecule has 9 heteroatoms. The van der Waals surface area contributed by atoms with Crippen LogP contribution >= 0.6 is 23.1 Å². The second kappa shape index (κ2) is 8.91. The highest BCUT2D eigenvalue weighted by molar-refractivity contribution is 7.99. The van der Waals surface area contributed by atoms with Gasteiger partial charge in [-0.25, -0.2) is 14.8 Å². The number of fused-ring (bicyclic) bond motifs is 1. The number of benzene rings is 1. The molecule has 0 fully saturated rings. The molecule has 0 bridgehead atoms. The molecule has 1 atom stereocenters. The number of aromatic amines is 1. The maximum Gasteiger partial charge on any atom is 0.348 e. The van der Waals surface area contributed by atoms with Crippen LogP contribution in [0.3, 0.4) is 0 Å². The van der Waals surface area contributed by atoms with Crippen molar-refractivity contribution in [1.82, 2.24) is 19.5 Å². The summed E-state index contributed by atoms with van der Waals surface area (Å²) in [7, 11) is 0. The predicted octanol–water partition coefficient (Wildman–Crippen LogP) is 5.13. The molecule has 4 rings (SSSR count). The van der Waals surface area contributed by atoms with Gasteiger partial charge in [-0.15, -0.1) is 11.3 Å². The van der Waals surface area contributed by atoms with E-state index in [1.54, 1.807) is 20.0 Å². The number of hydrogen-bond acceptors (Lipinski definition) is 7. The largest absolute Gasteiger partial charge is 0.462 e. The van der Waals surface area contributed by atoms with Crippen molar-refractivity contribution < 1.29 is 9.53 Å². The number of aromatic nitrogens is 4. The first-order valence-electron chi connectivity index (χ1n) is 10.3. The molecule has 0 spiro atoms. The highest BCUT2D eigenvalue weighted by Crippen LogP contribution is 2.35. The zero-order valence-corrected chi connectivity index (χ0v) is 20.2. The molecule has 0 aliphatic heterocycles. The van der Waals surface area contributed by atoms with E-state index in [9.17, 15) is 9.59 Å². The van der Waals surface area contributed by atoms with Gasteiger partial charge in [0.2, 0.25) is 0 Å². The number of rotatable bonds is 6. The Hall–Kier alpha value is -2.91. The van der Waals surface area contributed by atoms with Gasteiger partial charge in [-0.1, -0.05) is 17.8 Å². The van der Waals surface area contributed by atoms with Crippen LogP contribution in [0.25, 0.3) is 15.9 Å². The standard InChI is InChI=1S/C23H24N4O3S2/c1-6-30-22(29)18-14(4)17-20(28)25-19(26-21(17)32-18)15(5)31-23-24-9-10-27(23)16-8-7-12(2)13(3)11-16/h7-11,15H,6H2,1-5H3,(H,25,26,28). The van der Waals surface area contributed by atoms with E-state index in [1.807, 2.05) is 17.7 Å². The minimum absolute atomic E-state index is 0.159. The van der Waals surface area contributed by atoms with Crippen molar-refractivity contribution in [2.45, 2.75) is 45.0 Å². The second-order valence-electron chi connectivity index (χ2n) is 7.52. The quantitative estimate of drug-likeness (QED) is 0.312. The van der Waals surface area contributed by atoms with Crippen LogP contribution in [0.5, 0.6) is 0 Å². The number of thiophene rings is 1. The molecule has 0 aliphatic rings. The first-order chi connectivity index (χ1) is 15.3. The van der Waals surface area contributed by atoms with Crippen molar-refractivity contribution in [2.75, 3.05) is 6.61 Å². The fraction of sp³-hybridized carbons (Fsp3) is 0.304. The molecule has 1 N–H and O–H groups in total. The lowest BCUT2D eigenvalue weighted by Crippen LogP contribution is -2.13. The third-order valence-electron chi connectivity index (χ3n) is 5.32. The van der Waals surface area contributed by atoms with Crippen molar-refractivity contribution >= 4 is 39.3 Å². The van der Waals surface area contributed by atoms with Gasteiger partial charge in [-0.05, 0) is 63.4 Å². The lowest BCUT2D eigenvalue weighted by atomic mass is 10.1. The number of esters is 1. The minimum atomic E-state index is -0.424. The Morgan fingerprint density at radius 3 is 2.78 bits per heavy atom. The monoisotopic (exact) mass is 468 g/mol. The third kappa shape index (κ3) is 4.10. The lowest BCUT2D eigenvalue weighted by Gasteiger charge is -2.13. The lowest BCUT2D eigenvalue weighted by molar-refractivity contribution is 0.0531. The average Bonchev–Trinajstić information content (AvgIpc) is 3.34. The van der Waals surface area contributed by atoms with Crippen molar-refractivity contribution in [3.05, 3.63) is 68.3 Å². The zero-order valence-electron chi connectivity index (χ0n) is 18.6. The van der Waals surface area contributed by atoms with E-state index in [-0.39, 0.29) is 17.4 Å². The molecule has 4 aromatic rings. The molecule has 0 amide bonds. The SMILES string of the molecule is CCOC(=O)c1sc2nc(C(C)Sc3nccn3-c3ccc(C)c(C)c3)[nH]c(=O)c2c1C. The van der Waals surface area contributed by atoms with E-state index in [0.717, 1.165) is 10.8 Å². The number of carbonyl (C=O) groups excluding carboxylic acids is 1. The van der Waals surface area contributed by atoms with Crippen molar-refractivity contribution in [3.63, 3.8) is 0 Å². The zero-order chi connectivity index (χ0) is 23.0. The van der Waals surface area contributed by atoms with Gasteiger partial charge in [0.1, 0.15) is 15.5 Å². The number of carbonyl (C=O) groups is 1. The summed E-state index contributed by atoms with van der Waals surface area (Å²) in [6.45, 7) is 9.93. The van der Waals surface area contributed by atoms with E-state index in [0.29, 0.717) is 26.5 Å². The second-order valence-corrected chi connectivity index (χ2v) is 9.82. The smallest absolute Gasteiger partial charge is 0.348 e. The number of thioether (sulfide) groups is 1. The maximum atomic E-state index is 12.8. The summed E-state index contributed by atoms with van der Waals surface area (Å²) in [5.74, 6) is 0.116. The molecule has 0 aliphatic carbocycles. The number of imidazole rings is 1. The van der Waals surface area contributed by atoms with Crippen molar-refractivity contribution in [1.29, 1.82) is 0 Å². The Bertz CT molecular complexity index is 1370. The summed E-state index contributed by atoms with van der Waals surface area (Å²) >= 11 is 2.70. The van der Waals surface area contributed by atoms with Crippen LogP contribution < -0.4 is 5.56 Å². The maximum absolute atomic E-state index is 12.8. The third-order valence-corrected chi connectivity index (χ3v) is 7.58. The normalized spacial score (nSPS) is 12.3. The number of nitrogens with one attached hydrogen (secondary N) is 1. The first kappa shape index (κ1) is 22.3. The van der Waals surface area contributed by atoms with E-state index < -0.39 is 5.97 Å². The Morgan fingerprint density at radius 2 is 2.06 bits per heavy atom. The molecule has 7 nitrogen and oxygen atoms in total. The molecule has 0 saturated heterocycles. The molecule has 0 radical (unpaired) electrons. The summed E-state index contributed by atoms with van der Waals surface area (Å²) < 4.78 is 7.14. The summed E-state index contributed by atoms with van der Waals surface area (Å²) in [5.41, 5.74) is 3.83. The van der Waals surface area contributed by atoms with Crippen LogP contribution in [0.1, 0.15) is 51.3 Å². The molecule has 1 unspecified atom stereocenters. The topological polar surface area (TPSA) is 89.9 Å². The van der Waals surface area contributed by atoms with Crippen LogP contribution in [0.15, 0.2) is 40.5 Å². The predicted molar refractivity (Wildman–Crippen MR) is 128 cm³/mol. The van der Waals surface area contributed by atoms with Gasteiger partial charge in [0, 0.05) is 18.1 Å². The summed E-state index contributed by atoms with van der Waals surface area (Å²) in [5, 5.41) is 1.09. The average molecular weight is 469 g/mol. The first-order valence-corrected chi connectivity index (χ1v) is 12.0. The number of nitrogens with zero attached hydrogens (tertiary/aromatic N) is 3. The number of aryl methyl sites for hydroxylation is 3. The summed E-state index contributed by atoms with van der Waals surface area (Å²) in [6, 6.07) is 6.29. The number of H-pyrrole nitrogens is 1. The molecular formula is C23H24N4O3S2. The van der Waals surface area contributed by atoms with Crippen molar-refractivity contribution in [2.24, 2.45) is 0 Å². The molecular weight excluding hydrogens is 444 g/mol. The Labute approximate surface area is 193 Å². The fourth-order valence-corrected chi connectivity index (χ4v) is 5.43.